The zero-order valence-electron chi connectivity index (χ0n) is 8.41. The van der Waals surface area contributed by atoms with E-state index in [2.05, 4.69) is 5.32 Å². The molecule has 1 aliphatic heterocycles. The van der Waals surface area contributed by atoms with Crippen LogP contribution in [0, 0.1) is 17.6 Å². The average molecular weight is 247 g/mol. The van der Waals surface area contributed by atoms with E-state index in [-0.39, 0.29) is 11.7 Å². The molecule has 1 heterocycles. The van der Waals surface area contributed by atoms with Crippen molar-refractivity contribution in [2.75, 3.05) is 18.8 Å². The van der Waals surface area contributed by atoms with E-state index in [0.29, 0.717) is 19.2 Å². The molecule has 0 aromatic heterocycles. The van der Waals surface area contributed by atoms with E-state index in [4.69, 9.17) is 0 Å². The second-order valence-electron chi connectivity index (χ2n) is 3.88. The Morgan fingerprint density at radius 3 is 2.50 bits per heavy atom. The first-order chi connectivity index (χ1) is 7.49. The van der Waals surface area contributed by atoms with Crippen LogP contribution in [-0.4, -0.2) is 27.3 Å². The van der Waals surface area contributed by atoms with Crippen molar-refractivity contribution in [3.63, 3.8) is 0 Å². The number of halogens is 2. The van der Waals surface area contributed by atoms with E-state index in [1.54, 1.807) is 0 Å². The van der Waals surface area contributed by atoms with Gasteiger partial charge in [0.15, 0.2) is 9.84 Å². The molecular weight excluding hydrogens is 236 g/mol. The zero-order valence-corrected chi connectivity index (χ0v) is 9.23. The van der Waals surface area contributed by atoms with Crippen LogP contribution >= 0.6 is 0 Å². The third kappa shape index (κ3) is 2.22. The smallest absolute Gasteiger partial charge is 0.181 e. The van der Waals surface area contributed by atoms with Crippen molar-refractivity contribution in [3.8, 4) is 0 Å². The second kappa shape index (κ2) is 4.10. The summed E-state index contributed by atoms with van der Waals surface area (Å²) in [6.45, 7) is 1.25. The van der Waals surface area contributed by atoms with Crippen LogP contribution in [0.3, 0.4) is 0 Å². The molecule has 1 aromatic rings. The monoisotopic (exact) mass is 247 g/mol. The molecule has 1 aromatic carbocycles. The van der Waals surface area contributed by atoms with Crippen LogP contribution in [0.4, 0.5) is 8.78 Å². The standard InChI is InChI=1S/C10H11F2NO2S/c11-8-1-2-10(9(12)3-8)16(14,15)6-7-4-13-5-7/h1-3,7,13H,4-6H2. The van der Waals surface area contributed by atoms with Crippen molar-refractivity contribution >= 4 is 9.84 Å². The first-order valence-electron chi connectivity index (χ1n) is 4.87. The maximum absolute atomic E-state index is 13.3. The summed E-state index contributed by atoms with van der Waals surface area (Å²) < 4.78 is 49.5. The Kier molecular flexibility index (Phi) is 2.94. The average Bonchev–Trinajstić information content (AvgIpc) is 2.11. The fourth-order valence-corrected chi connectivity index (χ4v) is 3.26. The van der Waals surface area contributed by atoms with Crippen LogP contribution in [0.5, 0.6) is 0 Å². The third-order valence-electron chi connectivity index (χ3n) is 2.55. The minimum Gasteiger partial charge on any atom is -0.316 e. The Morgan fingerprint density at radius 1 is 1.31 bits per heavy atom. The predicted molar refractivity (Wildman–Crippen MR) is 54.8 cm³/mol. The quantitative estimate of drug-likeness (QED) is 0.809. The number of nitrogens with one attached hydrogen (secondary N) is 1. The molecule has 0 bridgehead atoms. The lowest BCUT2D eigenvalue weighted by atomic mass is 10.1. The Bertz CT molecular complexity index is 498. The lowest BCUT2D eigenvalue weighted by molar-refractivity contribution is 0.378. The second-order valence-corrected chi connectivity index (χ2v) is 5.88. The van der Waals surface area contributed by atoms with Crippen molar-refractivity contribution in [2.45, 2.75) is 4.90 Å². The minimum absolute atomic E-state index is 0.0226. The number of hydrogen-bond acceptors (Lipinski definition) is 3. The largest absolute Gasteiger partial charge is 0.316 e. The van der Waals surface area contributed by atoms with Crippen LogP contribution in [0.1, 0.15) is 0 Å². The van der Waals surface area contributed by atoms with E-state index < -0.39 is 26.4 Å². The molecule has 0 aliphatic carbocycles. The molecule has 0 saturated carbocycles. The molecule has 0 unspecified atom stereocenters. The molecule has 1 aliphatic rings. The summed E-state index contributed by atoms with van der Waals surface area (Å²) in [5.41, 5.74) is 0. The highest BCUT2D eigenvalue weighted by Gasteiger charge is 2.27. The molecular formula is C10H11F2NO2S. The first kappa shape index (κ1) is 11.5. The minimum atomic E-state index is -3.65. The van der Waals surface area contributed by atoms with Gasteiger partial charge in [0.2, 0.25) is 0 Å². The topological polar surface area (TPSA) is 46.2 Å². The number of rotatable bonds is 3. The van der Waals surface area contributed by atoms with Gasteiger partial charge in [0.1, 0.15) is 16.5 Å². The molecule has 2 rings (SSSR count). The summed E-state index contributed by atoms with van der Waals surface area (Å²) in [5, 5.41) is 2.94. The van der Waals surface area contributed by atoms with Gasteiger partial charge in [0.05, 0.1) is 5.75 Å². The Hall–Kier alpha value is -1.01. The molecule has 3 nitrogen and oxygen atoms in total. The molecule has 0 amide bonds. The van der Waals surface area contributed by atoms with E-state index in [0.717, 1.165) is 12.1 Å². The lowest BCUT2D eigenvalue weighted by Gasteiger charge is -2.26. The summed E-state index contributed by atoms with van der Waals surface area (Å²) in [5.74, 6) is -1.87. The molecule has 0 radical (unpaired) electrons. The summed E-state index contributed by atoms with van der Waals surface area (Å²) in [4.78, 5) is -0.416. The predicted octanol–water partition coefficient (Wildman–Crippen LogP) is 0.958. The van der Waals surface area contributed by atoms with Crippen molar-refractivity contribution in [3.05, 3.63) is 29.8 Å². The molecule has 1 N–H and O–H groups in total. The summed E-state index contributed by atoms with van der Waals surface area (Å²) >= 11 is 0. The van der Waals surface area contributed by atoms with Gasteiger partial charge in [0.25, 0.3) is 0 Å². The molecule has 1 saturated heterocycles. The van der Waals surface area contributed by atoms with Crippen molar-refractivity contribution in [1.82, 2.24) is 5.32 Å². The first-order valence-corrected chi connectivity index (χ1v) is 6.53. The van der Waals surface area contributed by atoms with Gasteiger partial charge in [-0.1, -0.05) is 0 Å². The highest BCUT2D eigenvalue weighted by Crippen LogP contribution is 2.20. The molecule has 88 valence electrons. The fourth-order valence-electron chi connectivity index (χ4n) is 1.59. The molecule has 16 heavy (non-hydrogen) atoms. The maximum Gasteiger partial charge on any atom is 0.181 e. The third-order valence-corrected chi connectivity index (χ3v) is 4.46. The number of benzene rings is 1. The zero-order chi connectivity index (χ0) is 11.8. The van der Waals surface area contributed by atoms with Crippen LogP contribution in [0.25, 0.3) is 0 Å². The van der Waals surface area contributed by atoms with Gasteiger partial charge in [0, 0.05) is 19.2 Å². The molecule has 1 fully saturated rings. The summed E-state index contributed by atoms with van der Waals surface area (Å²) in [6.07, 6.45) is 0. The molecule has 0 spiro atoms. The van der Waals surface area contributed by atoms with Gasteiger partial charge in [-0.2, -0.15) is 0 Å². The summed E-state index contributed by atoms with van der Waals surface area (Å²) in [6, 6.07) is 2.52. The van der Waals surface area contributed by atoms with E-state index in [1.165, 1.54) is 0 Å². The number of sulfone groups is 1. The lowest BCUT2D eigenvalue weighted by Crippen LogP contribution is -2.45. The van der Waals surface area contributed by atoms with Crippen LogP contribution in [-0.2, 0) is 9.84 Å². The van der Waals surface area contributed by atoms with Gasteiger partial charge in [-0.25, -0.2) is 17.2 Å². The van der Waals surface area contributed by atoms with Gasteiger partial charge < -0.3 is 5.32 Å². The van der Waals surface area contributed by atoms with E-state index in [1.807, 2.05) is 0 Å². The summed E-state index contributed by atoms with van der Waals surface area (Å²) in [7, 11) is -3.65. The Labute approximate surface area is 92.4 Å². The van der Waals surface area contributed by atoms with Crippen molar-refractivity contribution in [1.29, 1.82) is 0 Å². The van der Waals surface area contributed by atoms with Gasteiger partial charge in [-0.3, -0.25) is 0 Å². The van der Waals surface area contributed by atoms with Gasteiger partial charge in [-0.05, 0) is 18.1 Å². The van der Waals surface area contributed by atoms with E-state index >= 15 is 0 Å². The van der Waals surface area contributed by atoms with Gasteiger partial charge >= 0.3 is 0 Å². The van der Waals surface area contributed by atoms with Crippen LogP contribution in [0.2, 0.25) is 0 Å². The normalized spacial score (nSPS) is 17.1. The van der Waals surface area contributed by atoms with Gasteiger partial charge in [-0.15, -0.1) is 0 Å². The maximum atomic E-state index is 13.3. The molecule has 0 atom stereocenters. The molecule has 6 heteroatoms. The van der Waals surface area contributed by atoms with Crippen molar-refractivity contribution < 1.29 is 17.2 Å². The Balaban J connectivity index is 2.27. The van der Waals surface area contributed by atoms with Crippen LogP contribution < -0.4 is 5.32 Å². The fraction of sp³-hybridized carbons (Fsp3) is 0.400. The highest BCUT2D eigenvalue weighted by molar-refractivity contribution is 7.91. The highest BCUT2D eigenvalue weighted by atomic mass is 32.2. The van der Waals surface area contributed by atoms with Crippen LogP contribution in [0.15, 0.2) is 23.1 Å². The Morgan fingerprint density at radius 2 is 2.00 bits per heavy atom. The van der Waals surface area contributed by atoms with E-state index in [9.17, 15) is 17.2 Å². The van der Waals surface area contributed by atoms with Crippen molar-refractivity contribution in [2.24, 2.45) is 5.92 Å². The SMILES string of the molecule is O=S(=O)(CC1CNC1)c1ccc(F)cc1F. The number of hydrogen-bond donors (Lipinski definition) is 1.